The number of benzene rings is 2. The summed E-state index contributed by atoms with van der Waals surface area (Å²) in [6.07, 6.45) is 1.63. The van der Waals surface area contributed by atoms with E-state index in [1.807, 2.05) is 24.3 Å². The second kappa shape index (κ2) is 10.6. The molecule has 1 aromatic heterocycles. The lowest BCUT2D eigenvalue weighted by Crippen LogP contribution is -2.25. The summed E-state index contributed by atoms with van der Waals surface area (Å²) in [5.74, 6) is 0.358. The van der Waals surface area contributed by atoms with E-state index in [9.17, 15) is 9.59 Å². The quantitative estimate of drug-likeness (QED) is 0.487. The third-order valence-corrected chi connectivity index (χ3v) is 5.58. The number of nitrogens with one attached hydrogen (secondary N) is 2. The predicted octanol–water partition coefficient (Wildman–Crippen LogP) is 5.18. The maximum absolute atomic E-state index is 13.0. The molecule has 0 aliphatic rings. The van der Waals surface area contributed by atoms with E-state index in [0.29, 0.717) is 33.5 Å². The van der Waals surface area contributed by atoms with Crippen molar-refractivity contribution in [2.75, 3.05) is 30.9 Å². The highest BCUT2D eigenvalue weighted by atomic mass is 35.5. The van der Waals surface area contributed by atoms with Gasteiger partial charge < -0.3 is 20.3 Å². The standard InChI is InChI=1S/C26H29ClN4O3/c1-26(2,3)18-9-11-19(12-10-18)30-25(33)17-8-13-22(34-16-23(32)28-4)21(15-17)31(5)24-20(27)7-6-14-29-24/h6-15H,16H2,1-5H3,(H,28,32)(H,30,33). The third-order valence-electron chi connectivity index (χ3n) is 5.29. The van der Waals surface area contributed by atoms with Gasteiger partial charge in [0.1, 0.15) is 5.75 Å². The van der Waals surface area contributed by atoms with Gasteiger partial charge in [-0.2, -0.15) is 0 Å². The summed E-state index contributed by atoms with van der Waals surface area (Å²) in [6.45, 7) is 6.25. The lowest BCUT2D eigenvalue weighted by molar-refractivity contribution is -0.122. The van der Waals surface area contributed by atoms with Crippen LogP contribution in [0.3, 0.4) is 0 Å². The summed E-state index contributed by atoms with van der Waals surface area (Å²) in [4.78, 5) is 30.8. The Morgan fingerprint density at radius 2 is 1.79 bits per heavy atom. The van der Waals surface area contributed by atoms with Gasteiger partial charge in [0.05, 0.1) is 10.7 Å². The van der Waals surface area contributed by atoms with Gasteiger partial charge in [-0.3, -0.25) is 9.59 Å². The lowest BCUT2D eigenvalue weighted by Gasteiger charge is -2.23. The highest BCUT2D eigenvalue weighted by molar-refractivity contribution is 6.33. The fourth-order valence-electron chi connectivity index (χ4n) is 3.25. The van der Waals surface area contributed by atoms with Crippen molar-refractivity contribution in [3.63, 3.8) is 0 Å². The molecule has 0 unspecified atom stereocenters. The highest BCUT2D eigenvalue weighted by Gasteiger charge is 2.19. The number of amides is 2. The smallest absolute Gasteiger partial charge is 0.257 e. The number of rotatable bonds is 7. The molecule has 2 N–H and O–H groups in total. The summed E-state index contributed by atoms with van der Waals surface area (Å²) in [6, 6.07) is 16.2. The molecule has 0 fully saturated rings. The molecular formula is C26H29ClN4O3. The summed E-state index contributed by atoms with van der Waals surface area (Å²) >= 11 is 6.34. The number of halogens is 1. The largest absolute Gasteiger partial charge is 0.482 e. The number of hydrogen-bond acceptors (Lipinski definition) is 5. The monoisotopic (exact) mass is 480 g/mol. The van der Waals surface area contributed by atoms with Crippen LogP contribution in [0.2, 0.25) is 5.02 Å². The first-order valence-corrected chi connectivity index (χ1v) is 11.2. The van der Waals surface area contributed by atoms with Gasteiger partial charge in [0.15, 0.2) is 12.4 Å². The van der Waals surface area contributed by atoms with E-state index in [1.165, 1.54) is 12.6 Å². The van der Waals surface area contributed by atoms with Gasteiger partial charge in [0.25, 0.3) is 11.8 Å². The number of likely N-dealkylation sites (N-methyl/N-ethyl adjacent to an activating group) is 1. The zero-order valence-electron chi connectivity index (χ0n) is 20.0. The average Bonchev–Trinajstić information content (AvgIpc) is 2.82. The van der Waals surface area contributed by atoms with E-state index in [2.05, 4.69) is 36.4 Å². The second-order valence-electron chi connectivity index (χ2n) is 8.79. The van der Waals surface area contributed by atoms with E-state index in [0.717, 1.165) is 0 Å². The van der Waals surface area contributed by atoms with Crippen molar-refractivity contribution in [2.45, 2.75) is 26.2 Å². The minimum Gasteiger partial charge on any atom is -0.482 e. The Kier molecular flexibility index (Phi) is 7.79. The molecule has 178 valence electrons. The molecule has 1 heterocycles. The number of anilines is 3. The summed E-state index contributed by atoms with van der Waals surface area (Å²) in [5.41, 5.74) is 2.86. The minimum atomic E-state index is -0.275. The van der Waals surface area contributed by atoms with Gasteiger partial charge in [-0.05, 0) is 53.4 Å². The van der Waals surface area contributed by atoms with Crippen molar-refractivity contribution in [3.8, 4) is 5.75 Å². The number of carbonyl (C=O) groups excluding carboxylic acids is 2. The van der Waals surface area contributed by atoms with Gasteiger partial charge in [-0.25, -0.2) is 4.98 Å². The van der Waals surface area contributed by atoms with Crippen molar-refractivity contribution in [3.05, 3.63) is 76.9 Å². The first-order chi connectivity index (χ1) is 16.1. The van der Waals surface area contributed by atoms with E-state index in [1.54, 1.807) is 48.5 Å². The van der Waals surface area contributed by atoms with Gasteiger partial charge >= 0.3 is 0 Å². The van der Waals surface area contributed by atoms with Crippen LogP contribution in [0.5, 0.6) is 5.75 Å². The Bertz CT molecular complexity index is 1170. The molecule has 34 heavy (non-hydrogen) atoms. The molecule has 0 saturated carbocycles. The number of ether oxygens (including phenoxy) is 1. The molecule has 0 atom stereocenters. The van der Waals surface area contributed by atoms with Crippen LogP contribution in [0, 0.1) is 0 Å². The van der Waals surface area contributed by atoms with Crippen LogP contribution in [0.4, 0.5) is 17.2 Å². The molecule has 3 rings (SSSR count). The highest BCUT2D eigenvalue weighted by Crippen LogP contribution is 2.36. The molecule has 0 bridgehead atoms. The average molecular weight is 481 g/mol. The maximum Gasteiger partial charge on any atom is 0.257 e. The van der Waals surface area contributed by atoms with Crippen LogP contribution in [0.15, 0.2) is 60.8 Å². The van der Waals surface area contributed by atoms with Crippen molar-refractivity contribution in [1.29, 1.82) is 0 Å². The van der Waals surface area contributed by atoms with Crippen LogP contribution in [-0.4, -0.2) is 37.5 Å². The van der Waals surface area contributed by atoms with Crippen molar-refractivity contribution in [2.24, 2.45) is 0 Å². The molecule has 0 spiro atoms. The van der Waals surface area contributed by atoms with E-state index < -0.39 is 0 Å². The van der Waals surface area contributed by atoms with Crippen LogP contribution in [0.1, 0.15) is 36.7 Å². The lowest BCUT2D eigenvalue weighted by atomic mass is 9.87. The molecule has 3 aromatic rings. The molecule has 0 radical (unpaired) electrons. The van der Waals surface area contributed by atoms with Crippen LogP contribution >= 0.6 is 11.6 Å². The molecule has 0 saturated heterocycles. The molecule has 2 aromatic carbocycles. The Labute approximate surface area is 205 Å². The topological polar surface area (TPSA) is 83.6 Å². The molecule has 2 amide bonds. The Hall–Kier alpha value is -3.58. The Morgan fingerprint density at radius 3 is 2.41 bits per heavy atom. The zero-order valence-corrected chi connectivity index (χ0v) is 20.7. The van der Waals surface area contributed by atoms with Crippen molar-refractivity contribution >= 4 is 40.6 Å². The van der Waals surface area contributed by atoms with Gasteiger partial charge in [-0.15, -0.1) is 0 Å². The van der Waals surface area contributed by atoms with Crippen LogP contribution in [0.25, 0.3) is 0 Å². The van der Waals surface area contributed by atoms with Crippen LogP contribution < -0.4 is 20.3 Å². The third kappa shape index (κ3) is 6.05. The predicted molar refractivity (Wildman–Crippen MR) is 136 cm³/mol. The summed E-state index contributed by atoms with van der Waals surface area (Å²) < 4.78 is 5.71. The van der Waals surface area contributed by atoms with Gasteiger partial charge in [-0.1, -0.05) is 44.5 Å². The number of hydrogen-bond donors (Lipinski definition) is 2. The second-order valence-corrected chi connectivity index (χ2v) is 9.20. The number of pyridine rings is 1. The van der Waals surface area contributed by atoms with E-state index >= 15 is 0 Å². The zero-order chi connectivity index (χ0) is 24.9. The fraction of sp³-hybridized carbons (Fsp3) is 0.269. The van der Waals surface area contributed by atoms with Crippen LogP contribution in [-0.2, 0) is 10.2 Å². The van der Waals surface area contributed by atoms with E-state index in [-0.39, 0.29) is 23.8 Å². The van der Waals surface area contributed by atoms with Crippen molar-refractivity contribution < 1.29 is 14.3 Å². The number of aromatic nitrogens is 1. The normalized spacial score (nSPS) is 11.0. The summed E-state index contributed by atoms with van der Waals surface area (Å²) in [5, 5.41) is 5.89. The Balaban J connectivity index is 1.90. The minimum absolute atomic E-state index is 0.0271. The molecular weight excluding hydrogens is 452 g/mol. The van der Waals surface area contributed by atoms with Gasteiger partial charge in [0, 0.05) is 31.5 Å². The summed E-state index contributed by atoms with van der Waals surface area (Å²) in [7, 11) is 3.30. The molecule has 0 aliphatic carbocycles. The Morgan fingerprint density at radius 1 is 1.09 bits per heavy atom. The number of carbonyl (C=O) groups is 2. The first-order valence-electron chi connectivity index (χ1n) is 10.8. The van der Waals surface area contributed by atoms with Gasteiger partial charge in [0.2, 0.25) is 0 Å². The van der Waals surface area contributed by atoms with Crippen molar-refractivity contribution in [1.82, 2.24) is 10.3 Å². The maximum atomic E-state index is 13.0. The first kappa shape index (κ1) is 25.1. The molecule has 7 nitrogen and oxygen atoms in total. The SMILES string of the molecule is CNC(=O)COc1ccc(C(=O)Nc2ccc(C(C)(C)C)cc2)cc1N(C)c1ncccc1Cl. The molecule has 0 aliphatic heterocycles. The molecule has 8 heteroatoms. The number of nitrogens with zero attached hydrogens (tertiary/aromatic N) is 2. The fourth-order valence-corrected chi connectivity index (χ4v) is 3.50. The van der Waals surface area contributed by atoms with E-state index in [4.69, 9.17) is 16.3 Å².